The molecule has 7 fully saturated rings. The van der Waals surface area contributed by atoms with Crippen LogP contribution in [-0.4, -0.2) is 207 Å². The smallest absolute Gasteiger partial charge is 0.338 e. The molecule has 0 bridgehead atoms. The van der Waals surface area contributed by atoms with Crippen molar-refractivity contribution >= 4 is 17.9 Å². The van der Waals surface area contributed by atoms with Gasteiger partial charge in [0.15, 0.2) is 31.1 Å². The van der Waals surface area contributed by atoms with Gasteiger partial charge in [-0.05, 0) is 111 Å². The number of hydrogen-bond donors (Lipinski definition) is 10. The molecular formula is C60H98O22. The first kappa shape index (κ1) is 66.8. The Hall–Kier alpha value is -2.75. The van der Waals surface area contributed by atoms with Gasteiger partial charge >= 0.3 is 17.9 Å². The summed E-state index contributed by atoms with van der Waals surface area (Å²) >= 11 is 0. The van der Waals surface area contributed by atoms with Crippen molar-refractivity contribution in [3.8, 4) is 0 Å². The predicted molar refractivity (Wildman–Crippen MR) is 291 cm³/mol. The fraction of sp³-hybridized carbons (Fsp3) is 0.883. The SMILES string of the molecule is C/C=C(/C)C(=O)O[C@H]1[C@H](OC(C)=O)C(C)(C)CC2C3=CCC4[C@@]5(C)CC[C@H](C)C(C)(C)C5CC[C@@]4(C)[C@]3(C)C[C@@H](O)[C@]21CO.CCCCOC(=O)C1O[C@@H](OC)C(O[C@@H]2OC(CO)[C@H](O)[C@@H](O)C2O)[C@H](O[C@@H]2O[C@@H](CO)C(O)[C@@H]2O)[C@@H]1O. The molecule has 3 heterocycles. The van der Waals surface area contributed by atoms with Crippen LogP contribution in [0.5, 0.6) is 0 Å². The second kappa shape index (κ2) is 25.5. The second-order valence-corrected chi connectivity index (χ2v) is 26.9. The summed E-state index contributed by atoms with van der Waals surface area (Å²) in [5.41, 5.74) is 0.211. The largest absolute Gasteiger partial charge is 0.464 e. The average Bonchev–Trinajstić information content (AvgIpc) is 1.09. The van der Waals surface area contributed by atoms with Crippen LogP contribution in [-0.2, 0) is 57.0 Å². The Morgan fingerprint density at radius 1 is 0.720 bits per heavy atom. The van der Waals surface area contributed by atoms with E-state index in [2.05, 4.69) is 61.5 Å². The summed E-state index contributed by atoms with van der Waals surface area (Å²) in [6, 6.07) is 0. The second-order valence-electron chi connectivity index (χ2n) is 26.9. The highest BCUT2D eigenvalue weighted by Crippen LogP contribution is 2.76. The number of unbranched alkanes of at least 4 members (excludes halogenated alkanes) is 1. The van der Waals surface area contributed by atoms with E-state index in [1.807, 2.05) is 6.92 Å². The van der Waals surface area contributed by atoms with E-state index in [1.54, 1.807) is 19.9 Å². The minimum Gasteiger partial charge on any atom is -0.464 e. The number of allylic oxidation sites excluding steroid dienone is 3. The normalized spacial score (nSPS) is 46.7. The molecule has 0 aromatic heterocycles. The summed E-state index contributed by atoms with van der Waals surface area (Å²) in [5.74, 6) is -0.277. The number of methoxy groups -OCH3 is 1. The van der Waals surface area contributed by atoms with Crippen molar-refractivity contribution in [3.63, 3.8) is 0 Å². The molecule has 0 radical (unpaired) electrons. The van der Waals surface area contributed by atoms with Crippen molar-refractivity contribution in [2.75, 3.05) is 33.5 Å². The summed E-state index contributed by atoms with van der Waals surface area (Å²) in [7, 11) is 1.18. The van der Waals surface area contributed by atoms with Crippen molar-refractivity contribution in [1.29, 1.82) is 0 Å². The predicted octanol–water partition coefficient (Wildman–Crippen LogP) is 2.49. The number of carbonyl (C=O) groups is 3. The van der Waals surface area contributed by atoms with Gasteiger partial charge in [0.05, 0.1) is 37.9 Å². The van der Waals surface area contributed by atoms with Gasteiger partial charge in [-0.2, -0.15) is 0 Å². The van der Waals surface area contributed by atoms with Crippen LogP contribution in [0.25, 0.3) is 0 Å². The van der Waals surface area contributed by atoms with Gasteiger partial charge < -0.3 is 93.7 Å². The molecule has 22 heteroatoms. The van der Waals surface area contributed by atoms with Crippen molar-refractivity contribution < 1.29 is 108 Å². The third kappa shape index (κ3) is 11.5. The first-order valence-electron chi connectivity index (χ1n) is 29.6. The minimum atomic E-state index is -1.84. The summed E-state index contributed by atoms with van der Waals surface area (Å²) in [6.45, 7) is 24.0. The average molecular weight is 1170 g/mol. The monoisotopic (exact) mass is 1170 g/mol. The Morgan fingerprint density at radius 2 is 1.32 bits per heavy atom. The van der Waals surface area contributed by atoms with Crippen molar-refractivity contribution in [2.45, 2.75) is 245 Å². The maximum atomic E-state index is 13.3. The van der Waals surface area contributed by atoms with Crippen LogP contribution >= 0.6 is 0 Å². The van der Waals surface area contributed by atoms with Gasteiger partial charge in [0.2, 0.25) is 0 Å². The Labute approximate surface area is 482 Å². The third-order valence-corrected chi connectivity index (χ3v) is 21.8. The van der Waals surface area contributed by atoms with Gasteiger partial charge in [-0.25, -0.2) is 9.59 Å². The molecule has 0 spiro atoms. The fourth-order valence-electron chi connectivity index (χ4n) is 16.3. The van der Waals surface area contributed by atoms with Gasteiger partial charge in [0, 0.05) is 25.0 Å². The van der Waals surface area contributed by atoms with Crippen LogP contribution < -0.4 is 0 Å². The lowest BCUT2D eigenvalue weighted by Gasteiger charge is -2.72. The lowest BCUT2D eigenvalue weighted by Crippen LogP contribution is -2.72. The van der Waals surface area contributed by atoms with Crippen molar-refractivity contribution in [3.05, 3.63) is 23.3 Å². The fourth-order valence-corrected chi connectivity index (χ4v) is 16.3. The molecule has 22 nitrogen and oxygen atoms in total. The van der Waals surface area contributed by atoms with E-state index in [4.69, 9.17) is 42.6 Å². The summed E-state index contributed by atoms with van der Waals surface area (Å²) in [5, 5.41) is 105. The molecule has 5 aliphatic carbocycles. The molecule has 4 saturated carbocycles. The zero-order chi connectivity index (χ0) is 61.0. The first-order valence-corrected chi connectivity index (χ1v) is 29.6. The van der Waals surface area contributed by atoms with E-state index in [0.29, 0.717) is 48.0 Å². The summed E-state index contributed by atoms with van der Waals surface area (Å²) in [4.78, 5) is 38.5. The zero-order valence-electron chi connectivity index (χ0n) is 50.3. The molecule has 3 saturated heterocycles. The van der Waals surface area contributed by atoms with E-state index >= 15 is 0 Å². The van der Waals surface area contributed by atoms with Gasteiger partial charge in [0.25, 0.3) is 0 Å². The Balaban J connectivity index is 0.000000239. The van der Waals surface area contributed by atoms with Crippen LogP contribution in [0.3, 0.4) is 0 Å². The number of aliphatic hydroxyl groups is 10. The molecular weight excluding hydrogens is 1070 g/mol. The lowest BCUT2D eigenvalue weighted by atomic mass is 9.32. The van der Waals surface area contributed by atoms with E-state index in [-0.39, 0.29) is 35.4 Å². The van der Waals surface area contributed by atoms with E-state index < -0.39 is 146 Å². The molecule has 8 unspecified atom stereocenters. The molecule has 470 valence electrons. The Bertz CT molecular complexity index is 2290. The molecule has 0 aromatic carbocycles. The van der Waals surface area contributed by atoms with Crippen LogP contribution in [0.15, 0.2) is 23.3 Å². The molecule has 10 N–H and O–H groups in total. The maximum absolute atomic E-state index is 13.3. The number of carbonyl (C=O) groups excluding carboxylic acids is 3. The highest BCUT2D eigenvalue weighted by Gasteiger charge is 2.73. The highest BCUT2D eigenvalue weighted by molar-refractivity contribution is 5.88. The van der Waals surface area contributed by atoms with E-state index in [9.17, 15) is 65.4 Å². The van der Waals surface area contributed by atoms with Gasteiger partial charge in [-0.3, -0.25) is 4.79 Å². The molecule has 3 aliphatic heterocycles. The highest BCUT2D eigenvalue weighted by atomic mass is 16.8. The molecule has 0 aromatic rings. The van der Waals surface area contributed by atoms with Gasteiger partial charge in [0.1, 0.15) is 67.1 Å². The Morgan fingerprint density at radius 3 is 1.88 bits per heavy atom. The minimum absolute atomic E-state index is 0.0217. The molecule has 82 heavy (non-hydrogen) atoms. The Kier molecular flexibility index (Phi) is 20.8. The number of fused-ring (bicyclic) bond motifs is 7. The van der Waals surface area contributed by atoms with Crippen LogP contribution in [0.4, 0.5) is 0 Å². The molecule has 8 aliphatic rings. The number of rotatable bonds is 15. The summed E-state index contributed by atoms with van der Waals surface area (Å²) in [6.07, 6.45) is -12.9. The zero-order valence-corrected chi connectivity index (χ0v) is 50.3. The van der Waals surface area contributed by atoms with Crippen LogP contribution in [0.2, 0.25) is 0 Å². The van der Waals surface area contributed by atoms with E-state index in [1.165, 1.54) is 38.9 Å². The van der Waals surface area contributed by atoms with Gasteiger partial charge in [-0.1, -0.05) is 86.5 Å². The third-order valence-electron chi connectivity index (χ3n) is 21.8. The molecule has 25 atom stereocenters. The number of esters is 3. The lowest BCUT2D eigenvalue weighted by molar-refractivity contribution is -0.374. The maximum Gasteiger partial charge on any atom is 0.338 e. The number of hydrogen-bond acceptors (Lipinski definition) is 22. The summed E-state index contributed by atoms with van der Waals surface area (Å²) < 4.78 is 50.4. The van der Waals surface area contributed by atoms with E-state index in [0.717, 1.165) is 19.3 Å². The molecule has 0 amide bonds. The van der Waals surface area contributed by atoms with Crippen LogP contribution in [0, 0.1) is 56.2 Å². The molecule has 8 rings (SSSR count). The number of ether oxygens (including phenoxy) is 9. The van der Waals surface area contributed by atoms with Crippen LogP contribution in [0.1, 0.15) is 141 Å². The van der Waals surface area contributed by atoms with Gasteiger partial charge in [-0.15, -0.1) is 0 Å². The topological polar surface area (TPSA) is 337 Å². The first-order chi connectivity index (χ1) is 38.4. The quantitative estimate of drug-likeness (QED) is 0.0370. The van der Waals surface area contributed by atoms with Crippen molar-refractivity contribution in [2.24, 2.45) is 56.2 Å². The van der Waals surface area contributed by atoms with Crippen molar-refractivity contribution in [1.82, 2.24) is 0 Å². The standard InChI is InChI=1S/C38H60O6.C22H38O16/c1-12-22(2)32(42)44-31-30(43-24(4)40)33(5,6)19-26-25-13-14-28-35(9)17-15-23(3)34(7,8)27(35)16-18-36(28,10)37(25,11)20-29(41)38(26,31)21-39;1-3-4-5-33-19(31)17-15(30)16(36-20-13(28)11(26)9(7-24)35-20)18(22(32-2)37-17)38-21-14(29)12(27)10(25)8(6-23)34-21/h12-13,23,26-31,39,41H,14-21H2,1-11H3;8-18,20-30H,3-7H2,1-2H3/b22-12-;/t23-,26?,27?,28?,29+,30-,31-,35-,36+,37+,38-;8?,9-,10-,11?,12+,13-,14?,15-,16+,17?,18?,20-,21-,22+/m00/s1. The number of aliphatic hydroxyl groups excluding tert-OH is 10.